The predicted molar refractivity (Wildman–Crippen MR) is 92.6 cm³/mol. The molecular formula is C14H17Cl2N3O3S. The van der Waals surface area contributed by atoms with Crippen LogP contribution in [0.3, 0.4) is 0 Å². The van der Waals surface area contributed by atoms with Crippen LogP contribution in [0.5, 0.6) is 0 Å². The molecule has 1 aromatic carbocycles. The molecule has 1 aromatic rings. The van der Waals surface area contributed by atoms with Crippen LogP contribution >= 0.6 is 23.2 Å². The molecule has 0 N–H and O–H groups in total. The van der Waals surface area contributed by atoms with Gasteiger partial charge in [0.25, 0.3) is 10.1 Å². The third kappa shape index (κ3) is 4.84. The number of halogens is 2. The van der Waals surface area contributed by atoms with E-state index in [-0.39, 0.29) is 0 Å². The second-order valence-electron chi connectivity index (χ2n) is 4.93. The van der Waals surface area contributed by atoms with Crippen LogP contribution in [-0.4, -0.2) is 50.2 Å². The van der Waals surface area contributed by atoms with Crippen molar-refractivity contribution in [3.8, 4) is 0 Å². The van der Waals surface area contributed by atoms with Crippen molar-refractivity contribution in [2.75, 3.05) is 25.9 Å². The van der Waals surface area contributed by atoms with E-state index in [1.54, 1.807) is 24.3 Å². The number of guanidine groups is 1. The first kappa shape index (κ1) is 18.1. The maximum absolute atomic E-state index is 11.4. The average molecular weight is 378 g/mol. The van der Waals surface area contributed by atoms with Gasteiger partial charge in [0.05, 0.1) is 22.8 Å². The molecule has 1 heterocycles. The Balaban J connectivity index is 2.40. The zero-order valence-corrected chi connectivity index (χ0v) is 14.9. The van der Waals surface area contributed by atoms with Crippen molar-refractivity contribution in [3.63, 3.8) is 0 Å². The second-order valence-corrected chi connectivity index (χ2v) is 7.30. The van der Waals surface area contributed by atoms with Crippen LogP contribution in [0.1, 0.15) is 6.42 Å². The maximum atomic E-state index is 11.4. The summed E-state index contributed by atoms with van der Waals surface area (Å²) < 4.78 is 27.9. The number of para-hydroxylation sites is 1. The van der Waals surface area contributed by atoms with Crippen LogP contribution in [0, 0.1) is 0 Å². The third-order valence-electron chi connectivity index (χ3n) is 3.06. The lowest BCUT2D eigenvalue weighted by molar-refractivity contribution is 0.0419. The highest BCUT2D eigenvalue weighted by atomic mass is 35.5. The highest BCUT2D eigenvalue weighted by Gasteiger charge is 2.30. The molecule has 0 unspecified atom stereocenters. The van der Waals surface area contributed by atoms with Gasteiger partial charge in [-0.25, -0.2) is 10.1 Å². The van der Waals surface area contributed by atoms with E-state index in [9.17, 15) is 8.42 Å². The fraction of sp³-hybridized carbons (Fsp3) is 0.357. The van der Waals surface area contributed by atoms with Gasteiger partial charge in [-0.15, -0.1) is 10.9 Å². The van der Waals surface area contributed by atoms with E-state index < -0.39 is 10.1 Å². The van der Waals surface area contributed by atoms with Crippen molar-refractivity contribution < 1.29 is 12.7 Å². The largest absolute Gasteiger partial charge is 0.339 e. The van der Waals surface area contributed by atoms with E-state index in [0.29, 0.717) is 41.3 Å². The van der Waals surface area contributed by atoms with Crippen molar-refractivity contribution >= 4 is 45.0 Å². The molecule has 0 aliphatic carbocycles. The highest BCUT2D eigenvalue weighted by molar-refractivity contribution is 7.85. The monoisotopic (exact) mass is 377 g/mol. The van der Waals surface area contributed by atoms with Gasteiger partial charge in [-0.1, -0.05) is 35.3 Å². The molecule has 2 rings (SSSR count). The van der Waals surface area contributed by atoms with Crippen molar-refractivity contribution in [2.24, 2.45) is 4.99 Å². The van der Waals surface area contributed by atoms with Gasteiger partial charge >= 0.3 is 0 Å². The minimum atomic E-state index is -3.66. The van der Waals surface area contributed by atoms with Crippen molar-refractivity contribution in [2.45, 2.75) is 6.42 Å². The van der Waals surface area contributed by atoms with E-state index >= 15 is 0 Å². The molecule has 1 saturated heterocycles. The quantitative estimate of drug-likeness (QED) is 0.712. The minimum Gasteiger partial charge on any atom is -0.339 e. The molecule has 0 radical (unpaired) electrons. The Morgan fingerprint density at radius 1 is 1.35 bits per heavy atom. The Morgan fingerprint density at radius 2 is 2.00 bits per heavy atom. The topological polar surface area (TPSA) is 62.2 Å². The summed E-state index contributed by atoms with van der Waals surface area (Å²) in [5.74, 6) is 0.354. The smallest absolute Gasteiger partial charge is 0.285 e. The average Bonchev–Trinajstić information content (AvgIpc) is 2.81. The fourth-order valence-electron chi connectivity index (χ4n) is 2.08. The molecule has 23 heavy (non-hydrogen) atoms. The van der Waals surface area contributed by atoms with E-state index in [1.807, 2.05) is 4.90 Å². The number of hydrogen-bond acceptors (Lipinski definition) is 4. The highest BCUT2D eigenvalue weighted by Crippen LogP contribution is 2.33. The van der Waals surface area contributed by atoms with Crippen LogP contribution in [-0.2, 0) is 14.4 Å². The van der Waals surface area contributed by atoms with Crippen molar-refractivity contribution in [1.29, 1.82) is 0 Å². The number of rotatable bonds is 6. The molecule has 0 saturated carbocycles. The lowest BCUT2D eigenvalue weighted by Gasteiger charge is -2.21. The van der Waals surface area contributed by atoms with Gasteiger partial charge in [0.1, 0.15) is 5.69 Å². The van der Waals surface area contributed by atoms with Crippen molar-refractivity contribution in [3.05, 3.63) is 40.9 Å². The van der Waals surface area contributed by atoms with Crippen LogP contribution < -0.4 is 0 Å². The van der Waals surface area contributed by atoms with Gasteiger partial charge in [-0.3, -0.25) is 0 Å². The summed E-state index contributed by atoms with van der Waals surface area (Å²) in [6.07, 6.45) is 3.49. The zero-order valence-electron chi connectivity index (χ0n) is 12.6. The van der Waals surface area contributed by atoms with Crippen LogP contribution in [0.15, 0.2) is 35.8 Å². The standard InChI is InChI=1S/C14H17Cl2N3O3S/c1-3-4-8-18-9-10-19(22-23(2,20)21)14(18)17-13-11(15)6-5-7-12(13)16/h3,5-7H,1,4,8-10H2,2H3. The predicted octanol–water partition coefficient (Wildman–Crippen LogP) is 3.07. The fourth-order valence-corrected chi connectivity index (χ4v) is 3.03. The molecular weight excluding hydrogens is 361 g/mol. The Hall–Kier alpha value is -1.28. The Kier molecular flexibility index (Phi) is 5.91. The van der Waals surface area contributed by atoms with E-state index in [1.165, 1.54) is 5.06 Å². The summed E-state index contributed by atoms with van der Waals surface area (Å²) >= 11 is 12.3. The SMILES string of the molecule is C=CCCN1CCN(OS(C)(=O)=O)C1=Nc1c(Cl)cccc1Cl. The molecule has 1 aliphatic heterocycles. The Bertz CT molecular complexity index is 702. The van der Waals surface area contributed by atoms with Gasteiger partial charge in [0.2, 0.25) is 5.96 Å². The minimum absolute atomic E-state index is 0.354. The van der Waals surface area contributed by atoms with Crippen LogP contribution in [0.2, 0.25) is 10.0 Å². The van der Waals surface area contributed by atoms with Gasteiger partial charge < -0.3 is 4.90 Å². The molecule has 0 spiro atoms. The van der Waals surface area contributed by atoms with Gasteiger partial charge in [-0.05, 0) is 18.6 Å². The summed E-state index contributed by atoms with van der Waals surface area (Å²) in [4.78, 5) is 6.33. The van der Waals surface area contributed by atoms with Gasteiger partial charge in [0.15, 0.2) is 0 Å². The van der Waals surface area contributed by atoms with E-state index in [0.717, 1.165) is 12.7 Å². The first-order valence-electron chi connectivity index (χ1n) is 6.87. The van der Waals surface area contributed by atoms with Crippen LogP contribution in [0.25, 0.3) is 0 Å². The van der Waals surface area contributed by atoms with Crippen molar-refractivity contribution in [1.82, 2.24) is 9.96 Å². The van der Waals surface area contributed by atoms with Gasteiger partial charge in [0, 0.05) is 13.1 Å². The zero-order chi connectivity index (χ0) is 17.0. The summed E-state index contributed by atoms with van der Waals surface area (Å²) in [5, 5.41) is 1.98. The third-order valence-corrected chi connectivity index (χ3v) is 4.12. The maximum Gasteiger partial charge on any atom is 0.285 e. The number of nitrogens with zero attached hydrogens (tertiary/aromatic N) is 3. The normalized spacial score (nSPS) is 17.1. The first-order valence-corrected chi connectivity index (χ1v) is 9.44. The molecule has 0 bridgehead atoms. The summed E-state index contributed by atoms with van der Waals surface area (Å²) in [7, 11) is -3.66. The summed E-state index contributed by atoms with van der Waals surface area (Å²) in [5.41, 5.74) is 0.374. The Labute approximate surface area is 146 Å². The lowest BCUT2D eigenvalue weighted by Crippen LogP contribution is -2.35. The lowest BCUT2D eigenvalue weighted by atomic mass is 10.3. The Morgan fingerprint density at radius 3 is 2.57 bits per heavy atom. The second kappa shape index (κ2) is 7.53. The molecule has 9 heteroatoms. The van der Waals surface area contributed by atoms with Gasteiger partial charge in [-0.2, -0.15) is 8.42 Å². The van der Waals surface area contributed by atoms with E-state index in [4.69, 9.17) is 27.5 Å². The molecule has 6 nitrogen and oxygen atoms in total. The van der Waals surface area contributed by atoms with Crippen LogP contribution in [0.4, 0.5) is 5.69 Å². The molecule has 126 valence electrons. The number of aliphatic imine (C=N–C) groups is 1. The number of hydrogen-bond donors (Lipinski definition) is 0. The summed E-state index contributed by atoms with van der Waals surface area (Å²) in [6, 6.07) is 5.04. The molecule has 0 aromatic heterocycles. The first-order chi connectivity index (χ1) is 10.8. The number of hydroxylamine groups is 2. The van der Waals surface area contributed by atoms with E-state index in [2.05, 4.69) is 11.6 Å². The molecule has 1 aliphatic rings. The molecule has 1 fully saturated rings. The summed E-state index contributed by atoms with van der Waals surface area (Å²) in [6.45, 7) is 5.26. The molecule has 0 atom stereocenters. The number of benzene rings is 1. The molecule has 0 amide bonds.